The second-order valence-corrected chi connectivity index (χ2v) is 7.93. The quantitative estimate of drug-likeness (QED) is 0.820. The van der Waals surface area contributed by atoms with Gasteiger partial charge in [0.25, 0.3) is 5.91 Å². The summed E-state index contributed by atoms with van der Waals surface area (Å²) >= 11 is 0. The molecular weight excluding hydrogens is 350 g/mol. The number of nitrogens with zero attached hydrogens (tertiary/aromatic N) is 5. The third-order valence-corrected chi connectivity index (χ3v) is 5.92. The Bertz CT molecular complexity index is 797. The van der Waals surface area contributed by atoms with Crippen LogP contribution in [0.5, 0.6) is 0 Å². The molecule has 0 bridgehead atoms. The van der Waals surface area contributed by atoms with Gasteiger partial charge >= 0.3 is 0 Å². The molecule has 0 spiro atoms. The van der Waals surface area contributed by atoms with Gasteiger partial charge in [-0.2, -0.15) is 0 Å². The monoisotopic (exact) mass is 379 g/mol. The molecule has 2 fully saturated rings. The van der Waals surface area contributed by atoms with Crippen LogP contribution in [0.25, 0.3) is 0 Å². The molecule has 0 radical (unpaired) electrons. The molecule has 28 heavy (non-hydrogen) atoms. The third-order valence-electron chi connectivity index (χ3n) is 5.92. The maximum Gasteiger partial charge on any atom is 0.253 e. The van der Waals surface area contributed by atoms with Gasteiger partial charge in [-0.25, -0.2) is 0 Å². The standard InChI is InChI=1S/C22H29N5O/c1-17-6-8-19(9-7-17)22(28)26-15-13-25(14-16-26)20-10-11-21(24-23-20)27-12-4-3-5-18(27)2/h6-11,18H,3-5,12-16H2,1-2H3. The first-order valence-electron chi connectivity index (χ1n) is 10.3. The van der Waals surface area contributed by atoms with E-state index in [4.69, 9.17) is 0 Å². The van der Waals surface area contributed by atoms with Crippen molar-refractivity contribution in [3.8, 4) is 0 Å². The summed E-state index contributed by atoms with van der Waals surface area (Å²) in [7, 11) is 0. The van der Waals surface area contributed by atoms with Crippen molar-refractivity contribution in [3.05, 3.63) is 47.5 Å². The van der Waals surface area contributed by atoms with E-state index in [1.807, 2.05) is 36.1 Å². The number of benzene rings is 1. The molecule has 2 aliphatic rings. The summed E-state index contributed by atoms with van der Waals surface area (Å²) in [6.07, 6.45) is 3.75. The molecule has 2 aromatic rings. The van der Waals surface area contributed by atoms with Crippen molar-refractivity contribution in [2.45, 2.75) is 39.2 Å². The molecule has 0 aliphatic carbocycles. The highest BCUT2D eigenvalue weighted by molar-refractivity contribution is 5.94. The second kappa shape index (κ2) is 8.17. The van der Waals surface area contributed by atoms with Gasteiger partial charge in [0.2, 0.25) is 0 Å². The van der Waals surface area contributed by atoms with Crippen molar-refractivity contribution in [2.75, 3.05) is 42.5 Å². The SMILES string of the molecule is Cc1ccc(C(=O)N2CCN(c3ccc(N4CCCCC4C)nn3)CC2)cc1. The van der Waals surface area contributed by atoms with Gasteiger partial charge in [0.15, 0.2) is 11.6 Å². The highest BCUT2D eigenvalue weighted by Crippen LogP contribution is 2.24. The molecule has 2 aliphatic heterocycles. The van der Waals surface area contributed by atoms with Crippen LogP contribution in [0, 0.1) is 6.92 Å². The molecule has 6 heteroatoms. The maximum atomic E-state index is 12.7. The van der Waals surface area contributed by atoms with Gasteiger partial charge in [-0.3, -0.25) is 4.79 Å². The Morgan fingerprint density at radius 1 is 0.893 bits per heavy atom. The Balaban J connectivity index is 1.35. The number of piperazine rings is 1. The fraction of sp³-hybridized carbons (Fsp3) is 0.500. The van der Waals surface area contributed by atoms with Crippen LogP contribution in [-0.4, -0.2) is 59.8 Å². The van der Waals surface area contributed by atoms with Gasteiger partial charge in [0.1, 0.15) is 0 Å². The van der Waals surface area contributed by atoms with E-state index in [1.165, 1.54) is 24.8 Å². The first-order valence-corrected chi connectivity index (χ1v) is 10.3. The number of piperidine rings is 1. The van der Waals surface area contributed by atoms with Crippen molar-refractivity contribution in [3.63, 3.8) is 0 Å². The van der Waals surface area contributed by atoms with Gasteiger partial charge in [-0.05, 0) is 57.4 Å². The average Bonchev–Trinajstić information content (AvgIpc) is 2.74. The van der Waals surface area contributed by atoms with Crippen LogP contribution in [0.2, 0.25) is 0 Å². The zero-order valence-corrected chi connectivity index (χ0v) is 16.8. The lowest BCUT2D eigenvalue weighted by Crippen LogP contribution is -2.49. The number of aryl methyl sites for hydroxylation is 1. The minimum absolute atomic E-state index is 0.111. The van der Waals surface area contributed by atoms with E-state index in [-0.39, 0.29) is 5.91 Å². The number of carbonyl (C=O) groups excluding carboxylic acids is 1. The average molecular weight is 380 g/mol. The number of anilines is 2. The summed E-state index contributed by atoms with van der Waals surface area (Å²) < 4.78 is 0. The zero-order chi connectivity index (χ0) is 19.5. The molecule has 148 valence electrons. The molecular formula is C22H29N5O. The molecule has 1 amide bonds. The number of rotatable bonds is 3. The van der Waals surface area contributed by atoms with Crippen LogP contribution in [0.3, 0.4) is 0 Å². The van der Waals surface area contributed by atoms with E-state index in [0.29, 0.717) is 19.1 Å². The minimum atomic E-state index is 0.111. The third kappa shape index (κ3) is 3.96. The van der Waals surface area contributed by atoms with Crippen LogP contribution >= 0.6 is 0 Å². The number of carbonyl (C=O) groups is 1. The van der Waals surface area contributed by atoms with Crippen molar-refractivity contribution in [2.24, 2.45) is 0 Å². The number of hydrogen-bond donors (Lipinski definition) is 0. The largest absolute Gasteiger partial charge is 0.352 e. The molecule has 1 unspecified atom stereocenters. The van der Waals surface area contributed by atoms with Gasteiger partial charge in [0.05, 0.1) is 0 Å². The van der Waals surface area contributed by atoms with Gasteiger partial charge in [-0.15, -0.1) is 10.2 Å². The van der Waals surface area contributed by atoms with Crippen LogP contribution < -0.4 is 9.80 Å². The van der Waals surface area contributed by atoms with E-state index in [1.54, 1.807) is 0 Å². The van der Waals surface area contributed by atoms with Gasteiger partial charge in [-0.1, -0.05) is 17.7 Å². The molecule has 1 atom stereocenters. The highest BCUT2D eigenvalue weighted by atomic mass is 16.2. The second-order valence-electron chi connectivity index (χ2n) is 7.93. The van der Waals surface area contributed by atoms with E-state index in [2.05, 4.69) is 39.1 Å². The van der Waals surface area contributed by atoms with Gasteiger partial charge < -0.3 is 14.7 Å². The summed E-state index contributed by atoms with van der Waals surface area (Å²) in [5.74, 6) is 1.99. The highest BCUT2D eigenvalue weighted by Gasteiger charge is 2.24. The van der Waals surface area contributed by atoms with Crippen LogP contribution in [0.1, 0.15) is 42.1 Å². The summed E-state index contributed by atoms with van der Waals surface area (Å²) in [6, 6.07) is 12.5. The fourth-order valence-corrected chi connectivity index (χ4v) is 4.10. The molecule has 6 nitrogen and oxygen atoms in total. The minimum Gasteiger partial charge on any atom is -0.352 e. The zero-order valence-electron chi connectivity index (χ0n) is 16.8. The summed E-state index contributed by atoms with van der Waals surface area (Å²) in [5.41, 5.74) is 1.93. The molecule has 2 saturated heterocycles. The van der Waals surface area contributed by atoms with Crippen LogP contribution in [-0.2, 0) is 0 Å². The molecule has 1 aromatic heterocycles. The van der Waals surface area contributed by atoms with E-state index in [9.17, 15) is 4.79 Å². The Morgan fingerprint density at radius 3 is 2.21 bits per heavy atom. The predicted octanol–water partition coefficient (Wildman–Crippen LogP) is 3.13. The summed E-state index contributed by atoms with van der Waals surface area (Å²) in [4.78, 5) is 19.2. The van der Waals surface area contributed by atoms with E-state index in [0.717, 1.165) is 36.8 Å². The molecule has 0 saturated carbocycles. The predicted molar refractivity (Wildman–Crippen MR) is 112 cm³/mol. The lowest BCUT2D eigenvalue weighted by Gasteiger charge is -2.36. The van der Waals surface area contributed by atoms with Crippen molar-refractivity contribution < 1.29 is 4.79 Å². The first-order chi connectivity index (χ1) is 13.6. The van der Waals surface area contributed by atoms with Crippen molar-refractivity contribution >= 4 is 17.5 Å². The summed E-state index contributed by atoms with van der Waals surface area (Å²) in [5, 5.41) is 8.97. The smallest absolute Gasteiger partial charge is 0.253 e. The molecule has 4 rings (SSSR count). The lowest BCUT2D eigenvalue weighted by atomic mass is 10.0. The fourth-order valence-electron chi connectivity index (χ4n) is 4.10. The maximum absolute atomic E-state index is 12.7. The van der Waals surface area contributed by atoms with E-state index >= 15 is 0 Å². The van der Waals surface area contributed by atoms with Crippen LogP contribution in [0.4, 0.5) is 11.6 Å². The van der Waals surface area contributed by atoms with Crippen molar-refractivity contribution in [1.29, 1.82) is 0 Å². The van der Waals surface area contributed by atoms with E-state index < -0.39 is 0 Å². The number of aromatic nitrogens is 2. The topological polar surface area (TPSA) is 52.6 Å². The molecule has 0 N–H and O–H groups in total. The van der Waals surface area contributed by atoms with Gasteiger partial charge in [0, 0.05) is 44.3 Å². The lowest BCUT2D eigenvalue weighted by molar-refractivity contribution is 0.0746. The Hall–Kier alpha value is -2.63. The normalized spacial score (nSPS) is 20.4. The van der Waals surface area contributed by atoms with Crippen LogP contribution in [0.15, 0.2) is 36.4 Å². The van der Waals surface area contributed by atoms with Crippen molar-refractivity contribution in [1.82, 2.24) is 15.1 Å². The Morgan fingerprint density at radius 2 is 1.57 bits per heavy atom. The Kier molecular flexibility index (Phi) is 5.46. The Labute approximate surface area is 167 Å². The number of hydrogen-bond acceptors (Lipinski definition) is 5. The summed E-state index contributed by atoms with van der Waals surface area (Å²) in [6.45, 7) is 8.34. The number of amides is 1. The first kappa shape index (κ1) is 18.7. The molecule has 1 aromatic carbocycles. The molecule has 3 heterocycles.